The average Bonchev–Trinajstić information content (AvgIpc) is 3.25. The molecule has 8 heteroatoms. The van der Waals surface area contributed by atoms with Gasteiger partial charge in [0.1, 0.15) is 0 Å². The van der Waals surface area contributed by atoms with Crippen LogP contribution in [-0.2, 0) is 9.59 Å². The third kappa shape index (κ3) is 5.10. The smallest absolute Gasteiger partial charge is 0.315 e. The summed E-state index contributed by atoms with van der Waals surface area (Å²) in [4.78, 5) is 30.5. The van der Waals surface area contributed by atoms with E-state index in [0.717, 1.165) is 13.1 Å². The van der Waals surface area contributed by atoms with E-state index in [9.17, 15) is 9.59 Å². The molecule has 1 saturated heterocycles. The molecule has 2 aromatic heterocycles. The van der Waals surface area contributed by atoms with Gasteiger partial charge < -0.3 is 5.32 Å². The van der Waals surface area contributed by atoms with Crippen molar-refractivity contribution in [3.63, 3.8) is 0 Å². The van der Waals surface area contributed by atoms with Gasteiger partial charge >= 0.3 is 11.8 Å². The summed E-state index contributed by atoms with van der Waals surface area (Å²) in [7, 11) is 0. The number of hydrogen-bond acceptors (Lipinski definition) is 6. The number of carbonyl (C=O) groups excluding carboxylic acids is 2. The second-order valence-electron chi connectivity index (χ2n) is 6.02. The number of nitrogens with one attached hydrogen (secondary N) is 2. The Balaban J connectivity index is 1.60. The van der Waals surface area contributed by atoms with Crippen molar-refractivity contribution in [2.75, 3.05) is 25.0 Å². The number of thiazole rings is 1. The highest BCUT2D eigenvalue weighted by Gasteiger charge is 2.24. The van der Waals surface area contributed by atoms with Crippen LogP contribution in [-0.4, -0.2) is 41.3 Å². The Kier molecular flexibility index (Phi) is 6.55. The first-order chi connectivity index (χ1) is 12.2. The highest BCUT2D eigenvalue weighted by Crippen LogP contribution is 2.25. The third-order valence-corrected chi connectivity index (χ3v) is 5.71. The summed E-state index contributed by atoms with van der Waals surface area (Å²) in [5, 5.41) is 11.7. The number of thiophene rings is 1. The minimum atomic E-state index is -0.671. The summed E-state index contributed by atoms with van der Waals surface area (Å²) in [5.41, 5.74) is 1.20. The molecule has 134 valence electrons. The monoisotopic (exact) mass is 378 g/mol. The fourth-order valence-electron chi connectivity index (χ4n) is 3.04. The minimum Gasteiger partial charge on any atom is -0.346 e. The number of aromatic nitrogens is 1. The number of rotatable bonds is 5. The van der Waals surface area contributed by atoms with Crippen LogP contribution < -0.4 is 10.6 Å². The fourth-order valence-corrected chi connectivity index (χ4v) is 4.27. The number of amides is 2. The van der Waals surface area contributed by atoms with Crippen LogP contribution in [0.3, 0.4) is 0 Å². The fraction of sp³-hybridized carbons (Fsp3) is 0.471. The molecular formula is C17H22N4O2S2. The Morgan fingerprint density at radius 1 is 1.16 bits per heavy atom. The molecule has 2 aromatic rings. The van der Waals surface area contributed by atoms with Gasteiger partial charge in [0.05, 0.1) is 6.04 Å². The topological polar surface area (TPSA) is 74.3 Å². The number of carbonyl (C=O) groups is 2. The van der Waals surface area contributed by atoms with Gasteiger partial charge in [-0.15, -0.1) is 11.3 Å². The first-order valence-corrected chi connectivity index (χ1v) is 10.3. The van der Waals surface area contributed by atoms with Crippen LogP contribution >= 0.6 is 22.7 Å². The molecule has 1 fully saturated rings. The van der Waals surface area contributed by atoms with Crippen molar-refractivity contribution in [2.24, 2.45) is 0 Å². The molecular weight excluding hydrogens is 356 g/mol. The summed E-state index contributed by atoms with van der Waals surface area (Å²) in [5.74, 6) is -1.29. The van der Waals surface area contributed by atoms with Crippen molar-refractivity contribution >= 4 is 39.6 Å². The molecule has 1 unspecified atom stereocenters. The first kappa shape index (κ1) is 18.0. The third-order valence-electron chi connectivity index (χ3n) is 4.32. The van der Waals surface area contributed by atoms with Gasteiger partial charge in [-0.25, -0.2) is 4.98 Å². The van der Waals surface area contributed by atoms with Gasteiger partial charge in [0, 0.05) is 18.1 Å². The molecule has 2 amide bonds. The van der Waals surface area contributed by atoms with Gasteiger partial charge in [0.25, 0.3) is 0 Å². The SMILES string of the molecule is O=C(NCC(c1ccsc1)N1CCCCCC1)C(=O)Nc1nccs1. The predicted molar refractivity (Wildman–Crippen MR) is 101 cm³/mol. The van der Waals surface area contributed by atoms with E-state index in [0.29, 0.717) is 11.7 Å². The van der Waals surface area contributed by atoms with Crippen LogP contribution in [0.1, 0.15) is 37.3 Å². The molecule has 1 atom stereocenters. The molecule has 0 saturated carbocycles. The molecule has 3 heterocycles. The lowest BCUT2D eigenvalue weighted by Gasteiger charge is -2.30. The van der Waals surface area contributed by atoms with E-state index in [2.05, 4.69) is 37.3 Å². The zero-order valence-corrected chi connectivity index (χ0v) is 15.6. The van der Waals surface area contributed by atoms with Crippen LogP contribution in [0, 0.1) is 0 Å². The van der Waals surface area contributed by atoms with Crippen molar-refractivity contribution < 1.29 is 9.59 Å². The number of anilines is 1. The van der Waals surface area contributed by atoms with E-state index in [-0.39, 0.29) is 6.04 Å². The molecule has 0 aromatic carbocycles. The van der Waals surface area contributed by atoms with Gasteiger partial charge in [-0.3, -0.25) is 19.8 Å². The van der Waals surface area contributed by atoms with E-state index in [4.69, 9.17) is 0 Å². The van der Waals surface area contributed by atoms with Crippen molar-refractivity contribution in [2.45, 2.75) is 31.7 Å². The van der Waals surface area contributed by atoms with Gasteiger partial charge in [0.2, 0.25) is 0 Å². The predicted octanol–water partition coefficient (Wildman–Crippen LogP) is 2.88. The first-order valence-electron chi connectivity index (χ1n) is 8.49. The van der Waals surface area contributed by atoms with Crippen LogP contribution in [0.25, 0.3) is 0 Å². The second kappa shape index (κ2) is 9.07. The Morgan fingerprint density at radius 3 is 2.60 bits per heavy atom. The van der Waals surface area contributed by atoms with Crippen LogP contribution in [0.5, 0.6) is 0 Å². The molecule has 0 radical (unpaired) electrons. The summed E-state index contributed by atoms with van der Waals surface area (Å²) in [6.07, 6.45) is 6.47. The molecule has 0 spiro atoms. The van der Waals surface area contributed by atoms with Crippen LogP contribution in [0.15, 0.2) is 28.4 Å². The van der Waals surface area contributed by atoms with E-state index in [1.54, 1.807) is 22.9 Å². The summed E-state index contributed by atoms with van der Waals surface area (Å²) < 4.78 is 0. The summed E-state index contributed by atoms with van der Waals surface area (Å²) in [6, 6.07) is 2.21. The van der Waals surface area contributed by atoms with E-state index < -0.39 is 11.8 Å². The van der Waals surface area contributed by atoms with Gasteiger partial charge in [-0.05, 0) is 48.3 Å². The van der Waals surface area contributed by atoms with Gasteiger partial charge in [-0.1, -0.05) is 12.8 Å². The van der Waals surface area contributed by atoms with E-state index >= 15 is 0 Å². The number of nitrogens with zero attached hydrogens (tertiary/aromatic N) is 2. The normalized spacial score (nSPS) is 16.8. The molecule has 2 N–H and O–H groups in total. The van der Waals surface area contributed by atoms with E-state index in [1.165, 1.54) is 42.6 Å². The molecule has 1 aliphatic heterocycles. The van der Waals surface area contributed by atoms with Crippen molar-refractivity contribution in [1.82, 2.24) is 15.2 Å². The molecule has 3 rings (SSSR count). The zero-order valence-electron chi connectivity index (χ0n) is 13.9. The maximum atomic E-state index is 12.1. The lowest BCUT2D eigenvalue weighted by molar-refractivity contribution is -0.136. The Morgan fingerprint density at radius 2 is 1.96 bits per heavy atom. The van der Waals surface area contributed by atoms with Crippen LogP contribution in [0.2, 0.25) is 0 Å². The van der Waals surface area contributed by atoms with Gasteiger partial charge in [-0.2, -0.15) is 11.3 Å². The molecule has 25 heavy (non-hydrogen) atoms. The lowest BCUT2D eigenvalue weighted by atomic mass is 10.1. The summed E-state index contributed by atoms with van der Waals surface area (Å²) >= 11 is 2.94. The Hall–Kier alpha value is -1.77. The maximum Gasteiger partial charge on any atom is 0.315 e. The second-order valence-corrected chi connectivity index (χ2v) is 7.70. The Bertz CT molecular complexity index is 665. The van der Waals surface area contributed by atoms with Crippen LogP contribution in [0.4, 0.5) is 5.13 Å². The zero-order chi connectivity index (χ0) is 17.5. The average molecular weight is 379 g/mol. The number of likely N-dealkylation sites (tertiary alicyclic amines) is 1. The van der Waals surface area contributed by atoms with Crippen molar-refractivity contribution in [3.8, 4) is 0 Å². The molecule has 1 aliphatic rings. The standard InChI is InChI=1S/C17H22N4O2S2/c22-15(16(23)20-17-18-6-10-25-17)19-11-14(13-5-9-24-12-13)21-7-3-1-2-4-8-21/h5-6,9-10,12,14H,1-4,7-8,11H2,(H,19,22)(H,18,20,23). The largest absolute Gasteiger partial charge is 0.346 e. The summed E-state index contributed by atoms with van der Waals surface area (Å²) in [6.45, 7) is 2.49. The molecule has 0 aliphatic carbocycles. The maximum absolute atomic E-state index is 12.1. The molecule has 6 nitrogen and oxygen atoms in total. The van der Waals surface area contributed by atoms with Gasteiger partial charge in [0.15, 0.2) is 5.13 Å². The highest BCUT2D eigenvalue weighted by atomic mass is 32.1. The van der Waals surface area contributed by atoms with Crippen molar-refractivity contribution in [3.05, 3.63) is 34.0 Å². The van der Waals surface area contributed by atoms with Crippen molar-refractivity contribution in [1.29, 1.82) is 0 Å². The Labute approximate surface area is 155 Å². The quantitative estimate of drug-likeness (QED) is 0.785. The lowest BCUT2D eigenvalue weighted by Crippen LogP contribution is -2.42. The highest BCUT2D eigenvalue weighted by molar-refractivity contribution is 7.13. The number of hydrogen-bond donors (Lipinski definition) is 2. The molecule has 0 bridgehead atoms. The minimum absolute atomic E-state index is 0.112. The van der Waals surface area contributed by atoms with E-state index in [1.807, 2.05) is 0 Å².